The molecule has 2 amide bonds. The van der Waals surface area contributed by atoms with E-state index >= 15 is 0 Å². The largest absolute Gasteiger partial charge is 0.467 e. The van der Waals surface area contributed by atoms with Gasteiger partial charge < -0.3 is 15.5 Å². The predicted octanol–water partition coefficient (Wildman–Crippen LogP) is 2.07. The highest BCUT2D eigenvalue weighted by Gasteiger charge is 2.16. The molecule has 0 saturated heterocycles. The highest BCUT2D eigenvalue weighted by atomic mass is 32.2. The van der Waals surface area contributed by atoms with Crippen LogP contribution in [0, 0.1) is 0 Å². The number of nitrogens with zero attached hydrogens (tertiary/aromatic N) is 3. The van der Waals surface area contributed by atoms with E-state index < -0.39 is 5.91 Å². The number of para-hydroxylation sites is 1. The van der Waals surface area contributed by atoms with Crippen molar-refractivity contribution in [2.45, 2.75) is 24.5 Å². The Balaban J connectivity index is 1.67. The van der Waals surface area contributed by atoms with Gasteiger partial charge in [-0.1, -0.05) is 30.0 Å². The van der Waals surface area contributed by atoms with Crippen LogP contribution in [0.1, 0.15) is 18.0 Å². The fraction of sp³-hybridized carbons (Fsp3) is 0.222. The van der Waals surface area contributed by atoms with Crippen molar-refractivity contribution in [3.63, 3.8) is 0 Å². The number of benzene rings is 1. The molecule has 0 saturated carbocycles. The zero-order valence-corrected chi connectivity index (χ0v) is 15.3. The van der Waals surface area contributed by atoms with Crippen LogP contribution in [0.15, 0.2) is 58.3 Å². The van der Waals surface area contributed by atoms with Crippen molar-refractivity contribution < 1.29 is 14.0 Å². The number of amides is 2. The Morgan fingerprint density at radius 1 is 1.15 bits per heavy atom. The predicted molar refractivity (Wildman–Crippen MR) is 101 cm³/mol. The topological polar surface area (TPSA) is 116 Å². The van der Waals surface area contributed by atoms with Gasteiger partial charge in [0.2, 0.25) is 11.8 Å². The number of nitrogens with one attached hydrogen (secondary N) is 1. The van der Waals surface area contributed by atoms with Crippen LogP contribution in [0.5, 0.6) is 0 Å². The molecule has 0 aliphatic carbocycles. The number of anilines is 1. The maximum Gasteiger partial charge on any atom is 0.234 e. The number of primary amides is 1. The molecule has 3 rings (SSSR count). The van der Waals surface area contributed by atoms with Gasteiger partial charge in [-0.05, 0) is 24.3 Å². The highest BCUT2D eigenvalue weighted by Crippen LogP contribution is 2.20. The molecule has 1 aromatic carbocycles. The molecule has 2 heterocycles. The van der Waals surface area contributed by atoms with E-state index in [4.69, 9.17) is 10.2 Å². The summed E-state index contributed by atoms with van der Waals surface area (Å²) in [5, 5.41) is 11.7. The van der Waals surface area contributed by atoms with Crippen LogP contribution in [0.2, 0.25) is 0 Å². The average molecular weight is 385 g/mol. The quantitative estimate of drug-likeness (QED) is 0.545. The van der Waals surface area contributed by atoms with E-state index in [9.17, 15) is 9.59 Å². The van der Waals surface area contributed by atoms with Gasteiger partial charge in [0.05, 0.1) is 18.6 Å². The Kier molecular flexibility index (Phi) is 6.26. The van der Waals surface area contributed by atoms with Gasteiger partial charge in [0, 0.05) is 18.5 Å². The number of aryl methyl sites for hydroxylation is 1. The van der Waals surface area contributed by atoms with Gasteiger partial charge in [-0.15, -0.1) is 10.2 Å². The summed E-state index contributed by atoms with van der Waals surface area (Å²) < 4.78 is 7.23. The van der Waals surface area contributed by atoms with Crippen molar-refractivity contribution in [3.05, 3.63) is 60.3 Å². The SMILES string of the molecule is NC(=O)CCc1nnc(SCC(=O)Nc2ccccc2)n1Cc1ccco1. The van der Waals surface area contributed by atoms with Crippen LogP contribution in [0.4, 0.5) is 5.69 Å². The molecule has 0 fully saturated rings. The molecule has 0 aliphatic rings. The molecule has 0 radical (unpaired) electrons. The summed E-state index contributed by atoms with van der Waals surface area (Å²) in [5.74, 6) is 0.986. The minimum atomic E-state index is -0.404. The van der Waals surface area contributed by atoms with Crippen molar-refractivity contribution in [2.75, 3.05) is 11.1 Å². The van der Waals surface area contributed by atoms with Gasteiger partial charge in [0.1, 0.15) is 11.6 Å². The summed E-state index contributed by atoms with van der Waals surface area (Å²) >= 11 is 1.27. The molecule has 2 aromatic heterocycles. The number of hydrogen-bond acceptors (Lipinski definition) is 6. The Labute approximate surface area is 160 Å². The molecule has 0 spiro atoms. The van der Waals surface area contributed by atoms with Crippen LogP contribution in [-0.2, 0) is 22.6 Å². The van der Waals surface area contributed by atoms with E-state index in [1.54, 1.807) is 12.3 Å². The molecule has 3 aromatic rings. The molecule has 0 atom stereocenters. The lowest BCUT2D eigenvalue weighted by atomic mass is 10.3. The first-order chi connectivity index (χ1) is 13.1. The zero-order valence-electron chi connectivity index (χ0n) is 14.5. The smallest absolute Gasteiger partial charge is 0.234 e. The number of rotatable bonds is 9. The van der Waals surface area contributed by atoms with Crippen LogP contribution >= 0.6 is 11.8 Å². The standard InChI is InChI=1S/C18H19N5O3S/c19-15(24)8-9-16-21-22-18(23(16)11-14-7-4-10-26-14)27-12-17(25)20-13-5-2-1-3-6-13/h1-7,10H,8-9,11-12H2,(H2,19,24)(H,20,25). The Morgan fingerprint density at radius 2 is 1.96 bits per heavy atom. The maximum absolute atomic E-state index is 12.2. The molecular formula is C18H19N5O3S. The minimum Gasteiger partial charge on any atom is -0.467 e. The number of hydrogen-bond donors (Lipinski definition) is 2. The molecule has 8 nitrogen and oxygen atoms in total. The van der Waals surface area contributed by atoms with Gasteiger partial charge in [0.15, 0.2) is 5.16 Å². The van der Waals surface area contributed by atoms with Crippen molar-refractivity contribution in [2.24, 2.45) is 5.73 Å². The van der Waals surface area contributed by atoms with Gasteiger partial charge in [-0.3, -0.25) is 14.2 Å². The first-order valence-electron chi connectivity index (χ1n) is 8.32. The molecule has 9 heteroatoms. The summed E-state index contributed by atoms with van der Waals surface area (Å²) in [6, 6.07) is 12.9. The normalized spacial score (nSPS) is 10.7. The Hall–Kier alpha value is -3.07. The zero-order chi connectivity index (χ0) is 19.1. The van der Waals surface area contributed by atoms with Gasteiger partial charge in [-0.25, -0.2) is 0 Å². The lowest BCUT2D eigenvalue weighted by Crippen LogP contribution is -2.15. The molecular weight excluding hydrogens is 366 g/mol. The Morgan fingerprint density at radius 3 is 2.67 bits per heavy atom. The fourth-order valence-corrected chi connectivity index (χ4v) is 3.17. The lowest BCUT2D eigenvalue weighted by molar-refractivity contribution is -0.118. The second-order valence-corrected chi connectivity index (χ2v) is 6.68. The highest BCUT2D eigenvalue weighted by molar-refractivity contribution is 7.99. The fourth-order valence-electron chi connectivity index (χ4n) is 2.41. The second-order valence-electron chi connectivity index (χ2n) is 5.73. The molecule has 0 aliphatic heterocycles. The van der Waals surface area contributed by atoms with Gasteiger partial charge in [-0.2, -0.15) is 0 Å². The van der Waals surface area contributed by atoms with Crippen LogP contribution in [0.3, 0.4) is 0 Å². The second kappa shape index (κ2) is 9.04. The molecule has 140 valence electrons. The third kappa shape index (κ3) is 5.45. The molecule has 0 bridgehead atoms. The van der Waals surface area contributed by atoms with E-state index in [1.165, 1.54) is 11.8 Å². The van der Waals surface area contributed by atoms with Crippen LogP contribution < -0.4 is 11.1 Å². The average Bonchev–Trinajstić information content (AvgIpc) is 3.30. The number of furan rings is 1. The van der Waals surface area contributed by atoms with E-state index in [2.05, 4.69) is 15.5 Å². The number of thioether (sulfide) groups is 1. The van der Waals surface area contributed by atoms with Crippen molar-refractivity contribution in [1.82, 2.24) is 14.8 Å². The van der Waals surface area contributed by atoms with Gasteiger partial charge in [0.25, 0.3) is 0 Å². The monoisotopic (exact) mass is 385 g/mol. The Bertz CT molecular complexity index is 893. The van der Waals surface area contributed by atoms with Crippen molar-refractivity contribution in [1.29, 1.82) is 0 Å². The lowest BCUT2D eigenvalue weighted by Gasteiger charge is -2.08. The molecule has 3 N–H and O–H groups in total. The first kappa shape index (κ1) is 18.7. The van der Waals surface area contributed by atoms with E-state index in [0.29, 0.717) is 23.9 Å². The molecule has 27 heavy (non-hydrogen) atoms. The number of aromatic nitrogens is 3. The van der Waals surface area contributed by atoms with Gasteiger partial charge >= 0.3 is 0 Å². The third-order valence-corrected chi connectivity index (χ3v) is 4.64. The number of carbonyl (C=O) groups is 2. The first-order valence-corrected chi connectivity index (χ1v) is 9.31. The number of carbonyl (C=O) groups excluding carboxylic acids is 2. The van der Waals surface area contributed by atoms with Crippen LogP contribution in [0.25, 0.3) is 0 Å². The van der Waals surface area contributed by atoms with Crippen LogP contribution in [-0.4, -0.2) is 32.3 Å². The summed E-state index contributed by atoms with van der Waals surface area (Å²) in [6.45, 7) is 0.413. The van der Waals surface area contributed by atoms with E-state index in [-0.39, 0.29) is 18.1 Å². The summed E-state index contributed by atoms with van der Waals surface area (Å²) in [7, 11) is 0. The number of nitrogens with two attached hydrogens (primary N) is 1. The molecule has 0 unspecified atom stereocenters. The summed E-state index contributed by atoms with van der Waals surface area (Å²) in [5.41, 5.74) is 5.97. The van der Waals surface area contributed by atoms with Crippen molar-refractivity contribution >= 4 is 29.3 Å². The third-order valence-electron chi connectivity index (χ3n) is 3.67. The van der Waals surface area contributed by atoms with Crippen molar-refractivity contribution in [3.8, 4) is 0 Å². The minimum absolute atomic E-state index is 0.141. The van der Waals surface area contributed by atoms with E-state index in [1.807, 2.05) is 41.0 Å². The summed E-state index contributed by atoms with van der Waals surface area (Å²) in [6.07, 6.45) is 2.14. The van der Waals surface area contributed by atoms with E-state index in [0.717, 1.165) is 11.4 Å². The summed E-state index contributed by atoms with van der Waals surface area (Å²) in [4.78, 5) is 23.3. The maximum atomic E-state index is 12.2.